The van der Waals surface area contributed by atoms with Crippen molar-refractivity contribution in [1.82, 2.24) is 4.90 Å². The molecule has 0 aromatic carbocycles. The summed E-state index contributed by atoms with van der Waals surface area (Å²) in [6, 6.07) is 0. The number of hydrogen-bond acceptors (Lipinski definition) is 2. The molecular formula is C9H16ClNO. The molecule has 70 valence electrons. The van der Waals surface area contributed by atoms with Crippen LogP contribution < -0.4 is 0 Å². The van der Waals surface area contributed by atoms with Crippen LogP contribution in [0.3, 0.4) is 0 Å². The molecule has 2 rings (SSSR count). The number of likely N-dealkylation sites (tertiary alicyclic amines) is 1. The van der Waals surface area contributed by atoms with Gasteiger partial charge in [0.1, 0.15) is 0 Å². The van der Waals surface area contributed by atoms with Crippen LogP contribution in [0.5, 0.6) is 0 Å². The number of nitrogens with zero attached hydrogens (tertiary/aromatic N) is 1. The summed E-state index contributed by atoms with van der Waals surface area (Å²) < 4.78 is 5.41. The molecule has 0 N–H and O–H groups in total. The lowest BCUT2D eigenvalue weighted by Gasteiger charge is -2.15. The second-order valence-corrected chi connectivity index (χ2v) is 4.24. The first-order chi connectivity index (χ1) is 5.90. The van der Waals surface area contributed by atoms with Gasteiger partial charge >= 0.3 is 0 Å². The lowest BCUT2D eigenvalue weighted by molar-refractivity contribution is 0.154. The van der Waals surface area contributed by atoms with Gasteiger partial charge in [-0.25, -0.2) is 0 Å². The van der Waals surface area contributed by atoms with Gasteiger partial charge in [0.2, 0.25) is 0 Å². The molecule has 0 saturated carbocycles. The zero-order valence-electron chi connectivity index (χ0n) is 7.34. The van der Waals surface area contributed by atoms with E-state index in [4.69, 9.17) is 16.3 Å². The maximum Gasteiger partial charge on any atom is 0.0510 e. The molecule has 2 saturated heterocycles. The minimum absolute atomic E-state index is 0.794. The van der Waals surface area contributed by atoms with Crippen molar-refractivity contribution in [2.45, 2.75) is 6.42 Å². The number of alkyl halides is 1. The van der Waals surface area contributed by atoms with Gasteiger partial charge < -0.3 is 9.64 Å². The van der Waals surface area contributed by atoms with Crippen molar-refractivity contribution in [2.24, 2.45) is 11.8 Å². The standard InChI is InChI=1S/C9H16ClNO/c10-2-1-3-11-4-8-6-12-7-9(8)5-11/h8-9H,1-7H2. The monoisotopic (exact) mass is 189 g/mol. The molecule has 0 bridgehead atoms. The third kappa shape index (κ3) is 1.76. The molecule has 2 aliphatic rings. The van der Waals surface area contributed by atoms with E-state index in [0.717, 1.165) is 37.4 Å². The van der Waals surface area contributed by atoms with Crippen LogP contribution in [0, 0.1) is 11.8 Å². The predicted octanol–water partition coefficient (Wildman–Crippen LogP) is 1.19. The lowest BCUT2D eigenvalue weighted by atomic mass is 10.0. The van der Waals surface area contributed by atoms with Crippen molar-refractivity contribution in [1.29, 1.82) is 0 Å². The molecule has 0 aliphatic carbocycles. The summed E-state index contributed by atoms with van der Waals surface area (Å²) in [6.07, 6.45) is 1.13. The third-order valence-corrected chi connectivity index (χ3v) is 3.19. The van der Waals surface area contributed by atoms with Crippen LogP contribution in [-0.2, 0) is 4.74 Å². The number of rotatable bonds is 3. The second-order valence-electron chi connectivity index (χ2n) is 3.86. The van der Waals surface area contributed by atoms with Crippen molar-refractivity contribution in [3.8, 4) is 0 Å². The molecule has 12 heavy (non-hydrogen) atoms. The number of halogens is 1. The van der Waals surface area contributed by atoms with E-state index in [9.17, 15) is 0 Å². The largest absolute Gasteiger partial charge is 0.381 e. The maximum absolute atomic E-state index is 5.65. The quantitative estimate of drug-likeness (QED) is 0.619. The first-order valence-electron chi connectivity index (χ1n) is 4.76. The highest BCUT2D eigenvalue weighted by Crippen LogP contribution is 2.28. The van der Waals surface area contributed by atoms with Gasteiger partial charge in [-0.3, -0.25) is 0 Å². The van der Waals surface area contributed by atoms with E-state index in [0.29, 0.717) is 0 Å². The Bertz CT molecular complexity index is 141. The van der Waals surface area contributed by atoms with E-state index in [1.807, 2.05) is 0 Å². The first kappa shape index (κ1) is 8.79. The fourth-order valence-corrected chi connectivity index (χ4v) is 2.37. The van der Waals surface area contributed by atoms with E-state index in [2.05, 4.69) is 4.90 Å². The first-order valence-corrected chi connectivity index (χ1v) is 5.29. The molecule has 0 spiro atoms. The van der Waals surface area contributed by atoms with Gasteiger partial charge in [0.05, 0.1) is 13.2 Å². The highest BCUT2D eigenvalue weighted by molar-refractivity contribution is 6.17. The highest BCUT2D eigenvalue weighted by atomic mass is 35.5. The Morgan fingerprint density at radius 3 is 2.50 bits per heavy atom. The number of hydrogen-bond donors (Lipinski definition) is 0. The summed E-state index contributed by atoms with van der Waals surface area (Å²) in [7, 11) is 0. The average Bonchev–Trinajstić information content (AvgIpc) is 2.58. The van der Waals surface area contributed by atoms with E-state index in [1.54, 1.807) is 0 Å². The summed E-state index contributed by atoms with van der Waals surface area (Å²) in [5.41, 5.74) is 0. The molecule has 0 amide bonds. The van der Waals surface area contributed by atoms with Crippen molar-refractivity contribution in [2.75, 3.05) is 38.7 Å². The molecular weight excluding hydrogens is 174 g/mol. The topological polar surface area (TPSA) is 12.5 Å². The Morgan fingerprint density at radius 1 is 1.25 bits per heavy atom. The lowest BCUT2D eigenvalue weighted by Crippen LogP contribution is -2.24. The van der Waals surface area contributed by atoms with Gasteiger partial charge in [-0.15, -0.1) is 11.6 Å². The molecule has 2 heterocycles. The van der Waals surface area contributed by atoms with Gasteiger partial charge in [0.25, 0.3) is 0 Å². The maximum atomic E-state index is 5.65. The Hall–Kier alpha value is 0.210. The molecule has 2 fully saturated rings. The fraction of sp³-hybridized carbons (Fsp3) is 1.00. The summed E-state index contributed by atoms with van der Waals surface area (Å²) in [6.45, 7) is 5.63. The summed E-state index contributed by atoms with van der Waals surface area (Å²) >= 11 is 5.65. The second kappa shape index (κ2) is 3.95. The van der Waals surface area contributed by atoms with Gasteiger partial charge in [-0.1, -0.05) is 0 Å². The van der Waals surface area contributed by atoms with Gasteiger partial charge in [-0.2, -0.15) is 0 Å². The molecule has 0 aromatic rings. The van der Waals surface area contributed by atoms with Gasteiger partial charge in [0, 0.05) is 30.8 Å². The minimum Gasteiger partial charge on any atom is -0.381 e. The highest BCUT2D eigenvalue weighted by Gasteiger charge is 2.36. The van der Waals surface area contributed by atoms with Crippen LogP contribution in [0.1, 0.15) is 6.42 Å². The van der Waals surface area contributed by atoms with E-state index < -0.39 is 0 Å². The molecule has 0 aromatic heterocycles. The van der Waals surface area contributed by atoms with Crippen LogP contribution >= 0.6 is 11.6 Å². The van der Waals surface area contributed by atoms with Gasteiger partial charge in [0.15, 0.2) is 0 Å². The van der Waals surface area contributed by atoms with Crippen molar-refractivity contribution in [3.63, 3.8) is 0 Å². The summed E-state index contributed by atoms with van der Waals surface area (Å²) in [5.74, 6) is 2.43. The van der Waals surface area contributed by atoms with Gasteiger partial charge in [-0.05, 0) is 13.0 Å². The Kier molecular flexibility index (Phi) is 2.89. The summed E-state index contributed by atoms with van der Waals surface area (Å²) in [5, 5.41) is 0. The van der Waals surface area contributed by atoms with Crippen molar-refractivity contribution >= 4 is 11.6 Å². The normalized spacial score (nSPS) is 35.8. The zero-order valence-corrected chi connectivity index (χ0v) is 8.09. The summed E-state index contributed by atoms with van der Waals surface area (Å²) in [4.78, 5) is 2.53. The Labute approximate surface area is 78.8 Å². The van der Waals surface area contributed by atoms with Crippen LogP contribution in [0.25, 0.3) is 0 Å². The molecule has 2 unspecified atom stereocenters. The average molecular weight is 190 g/mol. The molecule has 2 nitrogen and oxygen atoms in total. The van der Waals surface area contributed by atoms with Crippen LogP contribution in [0.15, 0.2) is 0 Å². The Balaban J connectivity index is 1.75. The van der Waals surface area contributed by atoms with Crippen LogP contribution in [0.2, 0.25) is 0 Å². The third-order valence-electron chi connectivity index (χ3n) is 2.92. The molecule has 3 heteroatoms. The van der Waals surface area contributed by atoms with Crippen molar-refractivity contribution in [3.05, 3.63) is 0 Å². The molecule has 0 radical (unpaired) electrons. The SMILES string of the molecule is ClCCCN1CC2COCC2C1. The van der Waals surface area contributed by atoms with E-state index in [-0.39, 0.29) is 0 Å². The zero-order chi connectivity index (χ0) is 8.39. The van der Waals surface area contributed by atoms with Crippen LogP contribution in [-0.4, -0.2) is 43.6 Å². The van der Waals surface area contributed by atoms with E-state index >= 15 is 0 Å². The predicted molar refractivity (Wildman–Crippen MR) is 49.6 cm³/mol. The smallest absolute Gasteiger partial charge is 0.0510 e. The Morgan fingerprint density at radius 2 is 1.92 bits per heavy atom. The number of ether oxygens (including phenoxy) is 1. The van der Waals surface area contributed by atoms with Crippen LogP contribution in [0.4, 0.5) is 0 Å². The number of fused-ring (bicyclic) bond motifs is 1. The van der Waals surface area contributed by atoms with Crippen molar-refractivity contribution < 1.29 is 4.74 Å². The minimum atomic E-state index is 0.794. The molecule has 2 aliphatic heterocycles. The van der Waals surface area contributed by atoms with E-state index in [1.165, 1.54) is 19.6 Å². The molecule has 2 atom stereocenters. The fourth-order valence-electron chi connectivity index (χ4n) is 2.25.